The highest BCUT2D eigenvalue weighted by Crippen LogP contribution is 2.36. The number of aryl methyl sites for hydroxylation is 6. The van der Waals surface area contributed by atoms with E-state index in [1.165, 1.54) is 78.9 Å². The molecule has 1 aliphatic heterocycles. The minimum Gasteiger partial charge on any atom is -0.492 e. The zero-order chi connectivity index (χ0) is 105. The Balaban J connectivity index is 0.000000142. The van der Waals surface area contributed by atoms with Crippen molar-refractivity contribution in [1.29, 1.82) is 0 Å². The second kappa shape index (κ2) is 44.9. The summed E-state index contributed by atoms with van der Waals surface area (Å²) >= 11 is 0. The van der Waals surface area contributed by atoms with Gasteiger partial charge in [0.2, 0.25) is 5.56 Å². The fourth-order valence-electron chi connectivity index (χ4n) is 17.4. The molecule has 3 aliphatic rings. The number of benzene rings is 9. The number of rotatable bonds is 23. The predicted molar refractivity (Wildman–Crippen MR) is 551 cm³/mol. The van der Waals surface area contributed by atoms with Gasteiger partial charge in [0.1, 0.15) is 46.0 Å². The zero-order valence-electron chi connectivity index (χ0n) is 78.3. The number of ether oxygens (including phenoxy) is 1. The van der Waals surface area contributed by atoms with E-state index in [0.29, 0.717) is 85.0 Å². The zero-order valence-corrected chi connectivity index (χ0v) is 84.0. The van der Waals surface area contributed by atoms with Crippen molar-refractivity contribution in [2.45, 2.75) is 144 Å². The average Bonchev–Trinajstić information content (AvgIpc) is 1.40. The van der Waals surface area contributed by atoms with Crippen LogP contribution in [-0.2, 0) is 117 Å². The van der Waals surface area contributed by atoms with Gasteiger partial charge >= 0.3 is 72.1 Å². The summed E-state index contributed by atoms with van der Waals surface area (Å²) in [5, 5.41) is 42.4. The lowest BCUT2D eigenvalue weighted by atomic mass is 9.90. The van der Waals surface area contributed by atoms with Crippen molar-refractivity contribution in [3.8, 4) is 46.0 Å². The molecular weight excluding hydrogens is 2030 g/mol. The number of aromatic amines is 7. The predicted octanol–water partition coefficient (Wildman–Crippen LogP) is 9.49. The summed E-state index contributed by atoms with van der Waals surface area (Å²) in [6, 6.07) is 47.1. The first-order valence-electron chi connectivity index (χ1n) is 44.8. The van der Waals surface area contributed by atoms with Crippen LogP contribution in [0.2, 0.25) is 0 Å². The standard InChI is InChI=1S/C16H22N2O4S.C15H14N2O4S.C14H18N2O4S.C13H14N2O4S.C13H10N2O4S.C12H12N2O5S.C12H12N2O4S/c1-3-4-11(2)5-6-12-9-16(19)18-15-10-13(7-8-14(12)15)22-23(17,20)21;1-8-5-9(2)14-12(6-8)11-4-3-10(21-22(16,19)20)7-13(11)17-15(14)18;1-2-3-4-5-11-8-10-6-7-12(20-21(15,18)19)9-13(10)16-14(11)17;2*14-20(17,18)19-8-5-6-10-9-3-1-2-4-11(9)13(16)15-12(10)7-8;13-20(16,17)19-7-3-4-8-10(6-7)14-12(15)9-2-1-5-18-11(8)9;13-19(16,17)18-7-4-5-9-8-2-1-3-10(8)12(15)14-11(9)6-7/h7-11H,3-6H2,1-2H3,(H,18,19)(H2,17,20,21);3-7H,1-2H3,(H,17,18)(H2,16,19,20);6-9H,2-5H2,1H3,(H,16,17)(H2,15,18,19);5-7H,1-4H2,(H,15,16)(H2,14,17,18);1-7H,(H,15,16)(H2,14,17,18);3-4,6H,1-2,5H2,(H,14,15)(H2,13,16,17);4-6H,1-3H2,(H,14,15)(H2,13,16,17). The molecule has 2 aliphatic carbocycles. The number of nitrogens with two attached hydrogens (primary N) is 7. The molecule has 145 heavy (non-hydrogen) atoms. The first-order valence-corrected chi connectivity index (χ1v) is 55.1. The Morgan fingerprint density at radius 2 is 0.683 bits per heavy atom. The van der Waals surface area contributed by atoms with Crippen LogP contribution in [0, 0.1) is 19.8 Å². The fraction of sp³-hybridized carbons (Fsp3) is 0.253. The maximum atomic E-state index is 12.3. The Kier molecular flexibility index (Phi) is 33.5. The van der Waals surface area contributed by atoms with Gasteiger partial charge in [0.05, 0.1) is 56.2 Å². The number of hydrogen-bond donors (Lipinski definition) is 14. The third kappa shape index (κ3) is 29.5. The van der Waals surface area contributed by atoms with Gasteiger partial charge in [0, 0.05) is 103 Å². The number of H-pyrrole nitrogens is 7. The maximum Gasteiger partial charge on any atom is 0.380 e. The lowest BCUT2D eigenvalue weighted by molar-refractivity contribution is 0.291. The van der Waals surface area contributed by atoms with Gasteiger partial charge in [-0.05, 0) is 239 Å². The van der Waals surface area contributed by atoms with Crippen LogP contribution in [0.25, 0.3) is 97.9 Å². The van der Waals surface area contributed by atoms with Crippen LogP contribution in [0.15, 0.2) is 209 Å². The maximum absolute atomic E-state index is 12.3. The molecule has 16 aromatic rings. The van der Waals surface area contributed by atoms with Crippen molar-refractivity contribution in [3.63, 3.8) is 0 Å². The second-order valence-corrected chi connectivity index (χ2v) is 42.3. The van der Waals surface area contributed by atoms with Gasteiger partial charge < -0.3 is 68.9 Å². The Morgan fingerprint density at radius 1 is 0.310 bits per heavy atom. The molecule has 19 rings (SSSR count). The van der Waals surface area contributed by atoms with Crippen molar-refractivity contribution >= 4 is 170 Å². The van der Waals surface area contributed by atoms with Crippen molar-refractivity contribution in [3.05, 3.63) is 298 Å². The Bertz CT molecular complexity index is 8980. The summed E-state index contributed by atoms with van der Waals surface area (Å²) in [5.41, 5.74) is 10.3. The van der Waals surface area contributed by atoms with Gasteiger partial charge in [-0.1, -0.05) is 82.3 Å². The minimum absolute atomic E-state index is 0.0337. The van der Waals surface area contributed by atoms with Crippen molar-refractivity contribution in [1.82, 2.24) is 34.9 Å². The molecule has 7 aromatic heterocycles. The van der Waals surface area contributed by atoms with E-state index in [1.54, 1.807) is 66.7 Å². The van der Waals surface area contributed by atoms with Crippen molar-refractivity contribution in [2.24, 2.45) is 41.9 Å². The summed E-state index contributed by atoms with van der Waals surface area (Å²) in [6.45, 7) is 10.9. The summed E-state index contributed by atoms with van der Waals surface area (Å²) in [7, 11) is -28.6. The van der Waals surface area contributed by atoms with E-state index in [4.69, 9.17) is 40.7 Å². The van der Waals surface area contributed by atoms with E-state index >= 15 is 0 Å². The highest BCUT2D eigenvalue weighted by atomic mass is 32.3. The number of nitrogens with one attached hydrogen (secondary N) is 7. The SMILES string of the molecule is CCCC(C)CCc1cc(=O)[nH]c2cc(OS(N)(=O)=O)ccc12.CCCCCc1cc2ccc(OS(N)(=O)=O)cc2[nH]c1=O.Cc1cc(C)c2c(=O)[nH]c3cc(OS(N)(=O)=O)ccc3c2c1.NS(=O)(=O)Oc1ccc2c(c1)[nH]c(=O)c1ccccc12.NS(=O)(=O)Oc1ccc2c3c(c(=O)[nH]c2c1)CCC3.NS(=O)(=O)Oc1ccc2c3c(c(=O)[nH]c2c1)CCCC3.NS(=O)(=O)Oc1ccc2c3c(c(=O)[nH]c2c1)CCCO3. The van der Waals surface area contributed by atoms with Crippen LogP contribution in [0.3, 0.4) is 0 Å². The molecule has 1 atom stereocenters. The van der Waals surface area contributed by atoms with Crippen molar-refractivity contribution in [2.75, 3.05) is 6.61 Å². The molecule has 0 spiro atoms. The van der Waals surface area contributed by atoms with Gasteiger partial charge in [-0.15, -0.1) is 0 Å². The van der Waals surface area contributed by atoms with E-state index < -0.39 is 72.1 Å². The Morgan fingerprint density at radius 3 is 1.16 bits per heavy atom. The van der Waals surface area contributed by atoms with Gasteiger partial charge in [0.15, 0.2) is 0 Å². The quantitative estimate of drug-likeness (QED) is 0.0209. The molecule has 0 saturated carbocycles. The number of unbranched alkanes of at least 4 members (excludes halogenated alkanes) is 2. The first kappa shape index (κ1) is 108. The lowest BCUT2D eigenvalue weighted by Gasteiger charge is -2.18. The van der Waals surface area contributed by atoms with Gasteiger partial charge in [-0.3, -0.25) is 33.6 Å². The summed E-state index contributed by atoms with van der Waals surface area (Å²) in [4.78, 5) is 103. The van der Waals surface area contributed by atoms with E-state index in [1.807, 2.05) is 44.2 Å². The summed E-state index contributed by atoms with van der Waals surface area (Å²) < 4.78 is 191. The van der Waals surface area contributed by atoms with Crippen molar-refractivity contribution < 1.29 is 92.9 Å². The van der Waals surface area contributed by atoms with Crippen LogP contribution in [-0.4, -0.2) is 100 Å². The highest BCUT2D eigenvalue weighted by Gasteiger charge is 2.25. The molecule has 0 radical (unpaired) electrons. The first-order chi connectivity index (χ1) is 68.2. The number of aromatic nitrogens is 7. The van der Waals surface area contributed by atoms with E-state index in [0.717, 1.165) is 190 Å². The molecule has 0 fully saturated rings. The average molecular weight is 2130 g/mol. The largest absolute Gasteiger partial charge is 0.492 e. The molecule has 43 nitrogen and oxygen atoms in total. The van der Waals surface area contributed by atoms with E-state index in [-0.39, 0.29) is 79.2 Å². The molecule has 9 aromatic carbocycles. The Hall–Kier alpha value is -14.3. The summed E-state index contributed by atoms with van der Waals surface area (Å²) in [5.74, 6) is 1.60. The molecule has 8 heterocycles. The van der Waals surface area contributed by atoms with Crippen LogP contribution < -0.4 is 109 Å². The monoisotopic (exact) mass is 2130 g/mol. The topological polar surface area (TPSA) is 725 Å². The Labute approximate surface area is 828 Å². The van der Waals surface area contributed by atoms with E-state index in [9.17, 15) is 92.5 Å². The van der Waals surface area contributed by atoms with E-state index in [2.05, 4.69) is 84.9 Å². The molecule has 0 amide bonds. The minimum atomic E-state index is -4.10. The third-order valence-corrected chi connectivity index (χ3v) is 26.1. The number of fused-ring (bicyclic) bond motifs is 17. The molecular formula is C95H102N14O29S7. The molecule has 50 heteroatoms. The normalized spacial score (nSPS) is 13.2. The molecule has 21 N–H and O–H groups in total. The summed E-state index contributed by atoms with van der Waals surface area (Å²) in [6.07, 6.45) is 15.8. The number of pyridine rings is 7. The molecule has 1 unspecified atom stereocenters. The molecule has 0 saturated heterocycles. The fourth-order valence-corrected chi connectivity index (χ4v) is 20.0. The molecule has 768 valence electrons. The number of hydrogen-bond acceptors (Lipinski definition) is 29. The smallest absolute Gasteiger partial charge is 0.380 e. The highest BCUT2D eigenvalue weighted by molar-refractivity contribution is 7.86. The van der Waals surface area contributed by atoms with Crippen LogP contribution in [0.1, 0.15) is 135 Å². The van der Waals surface area contributed by atoms with Crippen LogP contribution in [0.4, 0.5) is 0 Å². The second-order valence-electron chi connectivity index (χ2n) is 34.3. The molecule has 0 bridgehead atoms. The lowest BCUT2D eigenvalue weighted by Crippen LogP contribution is -2.21. The van der Waals surface area contributed by atoms with Gasteiger partial charge in [-0.25, -0.2) is 0 Å². The van der Waals surface area contributed by atoms with Gasteiger partial charge in [-0.2, -0.15) is 94.9 Å². The van der Waals surface area contributed by atoms with Crippen LogP contribution >= 0.6 is 0 Å². The van der Waals surface area contributed by atoms with Crippen LogP contribution in [0.5, 0.6) is 46.0 Å². The van der Waals surface area contributed by atoms with Gasteiger partial charge in [0.25, 0.3) is 33.4 Å². The third-order valence-electron chi connectivity index (χ3n) is 23.2.